The number of hydrogen-bond acceptors (Lipinski definition) is 6. The van der Waals surface area contributed by atoms with E-state index < -0.39 is 5.41 Å². The Morgan fingerprint density at radius 3 is 2.38 bits per heavy atom. The molecule has 3 heterocycles. The lowest BCUT2D eigenvalue weighted by molar-refractivity contribution is -0.121. The van der Waals surface area contributed by atoms with E-state index in [1.807, 2.05) is 54.6 Å². The summed E-state index contributed by atoms with van der Waals surface area (Å²) >= 11 is 0. The predicted molar refractivity (Wildman–Crippen MR) is 117 cm³/mol. The lowest BCUT2D eigenvalue weighted by Crippen LogP contribution is -2.41. The second-order valence-corrected chi connectivity index (χ2v) is 7.98. The number of amides is 1. The fourth-order valence-corrected chi connectivity index (χ4v) is 4.76. The summed E-state index contributed by atoms with van der Waals surface area (Å²) in [6.07, 6.45) is 0. The molecule has 1 atom stereocenters. The topological polar surface area (TPSA) is 66.5 Å². The molecule has 0 bridgehead atoms. The van der Waals surface area contributed by atoms with Crippen molar-refractivity contribution in [3.05, 3.63) is 65.7 Å². The molecule has 1 unspecified atom stereocenters. The molecule has 0 radical (unpaired) electrons. The molecular weight excluding hydrogens is 410 g/mol. The first-order valence-electron chi connectivity index (χ1n) is 10.4. The maximum absolute atomic E-state index is 13.7. The minimum absolute atomic E-state index is 0.0614. The summed E-state index contributed by atoms with van der Waals surface area (Å²) in [5.74, 6) is 3.82. The van der Waals surface area contributed by atoms with Crippen LogP contribution in [-0.4, -0.2) is 39.9 Å². The number of ether oxygens (including phenoxy) is 5. The van der Waals surface area contributed by atoms with Gasteiger partial charge >= 0.3 is 0 Å². The molecule has 0 saturated heterocycles. The third kappa shape index (κ3) is 2.51. The first-order chi connectivity index (χ1) is 15.6. The van der Waals surface area contributed by atoms with Crippen LogP contribution in [-0.2, 0) is 10.2 Å². The van der Waals surface area contributed by atoms with E-state index >= 15 is 0 Å². The monoisotopic (exact) mass is 431 g/mol. The molecule has 3 aromatic carbocycles. The van der Waals surface area contributed by atoms with E-state index in [0.29, 0.717) is 42.0 Å². The van der Waals surface area contributed by atoms with Crippen molar-refractivity contribution in [3.8, 4) is 34.5 Å². The zero-order valence-corrected chi connectivity index (χ0v) is 17.7. The molecule has 7 nitrogen and oxygen atoms in total. The first kappa shape index (κ1) is 18.9. The Bertz CT molecular complexity index is 1240. The largest absolute Gasteiger partial charge is 0.497 e. The first-order valence-corrected chi connectivity index (χ1v) is 10.4. The standard InChI is InChI=1S/C25H21NO6/c1-26-18-4-3-5-19(32-16-8-6-15(28-2)7-9-16)23(18)25(24(26)27)14-31-20-13-22-21(12-17(20)25)29-10-11-30-22/h3-9,12-13H,10-11,14H2,1-2H3. The number of hydrogen-bond donors (Lipinski definition) is 0. The van der Waals surface area contributed by atoms with Gasteiger partial charge in [0.2, 0.25) is 5.91 Å². The van der Waals surface area contributed by atoms with Gasteiger partial charge in [0.25, 0.3) is 0 Å². The van der Waals surface area contributed by atoms with Gasteiger partial charge in [-0.05, 0) is 42.5 Å². The van der Waals surface area contributed by atoms with E-state index in [9.17, 15) is 4.79 Å². The van der Waals surface area contributed by atoms with Crippen molar-refractivity contribution in [2.45, 2.75) is 5.41 Å². The molecule has 0 aromatic heterocycles. The van der Waals surface area contributed by atoms with Crippen molar-refractivity contribution >= 4 is 11.6 Å². The predicted octanol–water partition coefficient (Wildman–Crippen LogP) is 3.91. The Morgan fingerprint density at radius 2 is 1.62 bits per heavy atom. The molecule has 3 aliphatic rings. The molecule has 162 valence electrons. The maximum atomic E-state index is 13.7. The number of methoxy groups -OCH3 is 1. The Kier molecular flexibility index (Phi) is 4.02. The highest BCUT2D eigenvalue weighted by atomic mass is 16.6. The van der Waals surface area contributed by atoms with Crippen LogP contribution in [0.5, 0.6) is 34.5 Å². The van der Waals surface area contributed by atoms with Crippen LogP contribution in [0.25, 0.3) is 0 Å². The van der Waals surface area contributed by atoms with Gasteiger partial charge in [0.15, 0.2) is 11.5 Å². The number of carbonyl (C=O) groups is 1. The van der Waals surface area contributed by atoms with Gasteiger partial charge in [-0.1, -0.05) is 6.07 Å². The second-order valence-electron chi connectivity index (χ2n) is 7.98. The minimum Gasteiger partial charge on any atom is -0.497 e. The highest BCUT2D eigenvalue weighted by Crippen LogP contribution is 2.57. The summed E-state index contributed by atoms with van der Waals surface area (Å²) in [6, 6.07) is 16.7. The smallest absolute Gasteiger partial charge is 0.245 e. The summed E-state index contributed by atoms with van der Waals surface area (Å²) in [7, 11) is 3.40. The molecule has 7 heteroatoms. The highest BCUT2D eigenvalue weighted by Gasteiger charge is 2.58. The van der Waals surface area contributed by atoms with E-state index in [4.69, 9.17) is 23.7 Å². The van der Waals surface area contributed by atoms with Gasteiger partial charge in [-0.2, -0.15) is 0 Å². The molecule has 32 heavy (non-hydrogen) atoms. The zero-order chi connectivity index (χ0) is 21.9. The molecule has 0 fully saturated rings. The average molecular weight is 431 g/mol. The quantitative estimate of drug-likeness (QED) is 0.627. The molecular formula is C25H21NO6. The lowest BCUT2D eigenvalue weighted by Gasteiger charge is -2.25. The van der Waals surface area contributed by atoms with Crippen molar-refractivity contribution in [2.24, 2.45) is 0 Å². The van der Waals surface area contributed by atoms with E-state index in [1.165, 1.54) is 0 Å². The van der Waals surface area contributed by atoms with Crippen molar-refractivity contribution in [1.29, 1.82) is 0 Å². The zero-order valence-electron chi connectivity index (χ0n) is 17.7. The van der Waals surface area contributed by atoms with Crippen molar-refractivity contribution in [2.75, 3.05) is 38.9 Å². The summed E-state index contributed by atoms with van der Waals surface area (Å²) < 4.78 is 29.1. The van der Waals surface area contributed by atoms with Gasteiger partial charge in [0.05, 0.1) is 12.8 Å². The molecule has 0 saturated carbocycles. The van der Waals surface area contributed by atoms with E-state index in [0.717, 1.165) is 22.6 Å². The minimum atomic E-state index is -1.02. The second kappa shape index (κ2) is 6.82. The molecule has 3 aromatic rings. The van der Waals surface area contributed by atoms with Crippen LogP contribution in [0.4, 0.5) is 5.69 Å². The van der Waals surface area contributed by atoms with Crippen LogP contribution in [0.3, 0.4) is 0 Å². The highest BCUT2D eigenvalue weighted by molar-refractivity contribution is 6.12. The Balaban J connectivity index is 1.51. The normalized spacial score (nSPS) is 20.1. The average Bonchev–Trinajstić information content (AvgIpc) is 3.30. The van der Waals surface area contributed by atoms with Gasteiger partial charge in [0, 0.05) is 24.2 Å². The van der Waals surface area contributed by atoms with Gasteiger partial charge in [-0.3, -0.25) is 4.79 Å². The number of rotatable bonds is 3. The number of nitrogens with zero attached hydrogens (tertiary/aromatic N) is 1. The van der Waals surface area contributed by atoms with Crippen LogP contribution in [0, 0.1) is 0 Å². The molecule has 0 aliphatic carbocycles. The maximum Gasteiger partial charge on any atom is 0.245 e. The summed E-state index contributed by atoms with van der Waals surface area (Å²) in [4.78, 5) is 15.4. The lowest BCUT2D eigenvalue weighted by atomic mass is 9.76. The van der Waals surface area contributed by atoms with Gasteiger partial charge in [-0.15, -0.1) is 0 Å². The van der Waals surface area contributed by atoms with E-state index in [1.54, 1.807) is 19.1 Å². The summed E-state index contributed by atoms with van der Waals surface area (Å²) in [6.45, 7) is 1.14. The molecule has 6 rings (SSSR count). The Labute approximate surface area is 185 Å². The van der Waals surface area contributed by atoms with E-state index in [2.05, 4.69) is 0 Å². The van der Waals surface area contributed by atoms with Crippen LogP contribution in [0.2, 0.25) is 0 Å². The number of fused-ring (bicyclic) bond motifs is 5. The van der Waals surface area contributed by atoms with Gasteiger partial charge in [0.1, 0.15) is 48.2 Å². The SMILES string of the molecule is COc1ccc(Oc2cccc3c2C2(COc4cc5c(cc42)OCCO5)C(=O)N3C)cc1. The molecule has 3 aliphatic heterocycles. The van der Waals surface area contributed by atoms with Gasteiger partial charge < -0.3 is 28.6 Å². The fourth-order valence-electron chi connectivity index (χ4n) is 4.76. The fraction of sp³-hybridized carbons (Fsp3) is 0.240. The van der Waals surface area contributed by atoms with Crippen LogP contribution in [0.15, 0.2) is 54.6 Å². The summed E-state index contributed by atoms with van der Waals surface area (Å²) in [5, 5.41) is 0. The van der Waals surface area contributed by atoms with Crippen LogP contribution >= 0.6 is 0 Å². The van der Waals surface area contributed by atoms with Crippen LogP contribution < -0.4 is 28.6 Å². The number of benzene rings is 3. The van der Waals surface area contributed by atoms with Crippen molar-refractivity contribution in [3.63, 3.8) is 0 Å². The Morgan fingerprint density at radius 1 is 0.906 bits per heavy atom. The number of anilines is 1. The van der Waals surface area contributed by atoms with Gasteiger partial charge in [-0.25, -0.2) is 0 Å². The van der Waals surface area contributed by atoms with Crippen molar-refractivity contribution < 1.29 is 28.5 Å². The van der Waals surface area contributed by atoms with Crippen molar-refractivity contribution in [1.82, 2.24) is 0 Å². The third-order valence-electron chi connectivity index (χ3n) is 6.30. The molecule has 0 N–H and O–H groups in total. The van der Waals surface area contributed by atoms with Crippen LogP contribution in [0.1, 0.15) is 11.1 Å². The third-order valence-corrected chi connectivity index (χ3v) is 6.30. The molecule has 1 spiro atoms. The van der Waals surface area contributed by atoms with E-state index in [-0.39, 0.29) is 12.5 Å². The summed E-state index contributed by atoms with van der Waals surface area (Å²) in [5.41, 5.74) is 1.34. The molecule has 1 amide bonds. The Hall–Kier alpha value is -3.87. The number of carbonyl (C=O) groups excluding carboxylic acids is 1. The number of likely N-dealkylation sites (N-methyl/N-ethyl adjacent to an activating group) is 1.